The van der Waals surface area contributed by atoms with E-state index in [0.29, 0.717) is 16.2 Å². The number of carbonyl (C=O) groups excluding carboxylic acids is 1. The van der Waals surface area contributed by atoms with Crippen LogP contribution in [0.3, 0.4) is 0 Å². The fourth-order valence-corrected chi connectivity index (χ4v) is 3.95. The van der Waals surface area contributed by atoms with E-state index in [-0.39, 0.29) is 18.8 Å². The zero-order valence-electron chi connectivity index (χ0n) is 16.0. The van der Waals surface area contributed by atoms with Crippen molar-refractivity contribution in [3.8, 4) is 16.2 Å². The lowest BCUT2D eigenvalue weighted by Crippen LogP contribution is -2.24. The van der Waals surface area contributed by atoms with E-state index in [1.807, 2.05) is 0 Å². The first kappa shape index (κ1) is 21.9. The summed E-state index contributed by atoms with van der Waals surface area (Å²) < 4.78 is 51.4. The number of carbonyl (C=O) groups is 1. The third-order valence-electron chi connectivity index (χ3n) is 4.26. The Morgan fingerprint density at radius 2 is 1.97 bits per heavy atom. The highest BCUT2D eigenvalue weighted by molar-refractivity contribution is 7.22. The van der Waals surface area contributed by atoms with Crippen molar-refractivity contribution in [2.24, 2.45) is 0 Å². The summed E-state index contributed by atoms with van der Waals surface area (Å²) in [6.07, 6.45) is -4.48. The molecule has 0 saturated heterocycles. The molecule has 0 radical (unpaired) electrons. The van der Waals surface area contributed by atoms with Crippen molar-refractivity contribution in [1.29, 1.82) is 0 Å². The van der Waals surface area contributed by atoms with Crippen LogP contribution in [0.1, 0.15) is 11.1 Å². The molecule has 3 aromatic rings. The molecule has 8 heteroatoms. The summed E-state index contributed by atoms with van der Waals surface area (Å²) in [5, 5.41) is 10.6. The fourth-order valence-electron chi connectivity index (χ4n) is 2.82. The van der Waals surface area contributed by atoms with Gasteiger partial charge >= 0.3 is 12.1 Å². The number of fused-ring (bicyclic) bond motifs is 1. The number of benzene rings is 2. The van der Waals surface area contributed by atoms with E-state index in [4.69, 9.17) is 9.47 Å². The normalized spacial score (nSPS) is 12.6. The van der Waals surface area contributed by atoms with Gasteiger partial charge < -0.3 is 14.6 Å². The van der Waals surface area contributed by atoms with E-state index < -0.39 is 23.8 Å². The number of aliphatic hydroxyl groups is 1. The minimum Gasteiger partial charge on any atom is -0.491 e. The number of hydrogen-bond acceptors (Lipinski definition) is 5. The maximum atomic E-state index is 13.5. The Morgan fingerprint density at radius 1 is 1.20 bits per heavy atom. The third kappa shape index (κ3) is 5.20. The standard InChI is InChI=1S/C22H19F3O4S/c1-3-21(27)29-12-15(26)11-28-16-6-5-14-9-20(30-19(14)10-16)17-7-4-13(2)8-18(17)22(23,24)25/h3-10,15,26H,1,11-12H2,2H3. The van der Waals surface area contributed by atoms with Crippen LogP contribution in [0.25, 0.3) is 20.5 Å². The molecule has 0 fully saturated rings. The summed E-state index contributed by atoms with van der Waals surface area (Å²) in [6, 6.07) is 11.1. The smallest absolute Gasteiger partial charge is 0.417 e. The number of esters is 1. The molecule has 1 N–H and O–H groups in total. The Labute approximate surface area is 175 Å². The van der Waals surface area contributed by atoms with Gasteiger partial charge in [-0.1, -0.05) is 24.3 Å². The van der Waals surface area contributed by atoms with Crippen LogP contribution in [0, 0.1) is 6.92 Å². The maximum Gasteiger partial charge on any atom is 0.417 e. The molecule has 0 aliphatic heterocycles. The van der Waals surface area contributed by atoms with Gasteiger partial charge in [-0.2, -0.15) is 13.2 Å². The van der Waals surface area contributed by atoms with Crippen LogP contribution in [0.15, 0.2) is 55.1 Å². The first-order valence-corrected chi connectivity index (χ1v) is 9.81. The van der Waals surface area contributed by atoms with Crippen molar-refractivity contribution in [3.05, 3.63) is 66.2 Å². The van der Waals surface area contributed by atoms with Crippen molar-refractivity contribution in [3.63, 3.8) is 0 Å². The summed E-state index contributed by atoms with van der Waals surface area (Å²) in [5.74, 6) is -0.194. The molecule has 1 aromatic heterocycles. The Bertz CT molecular complexity index is 1070. The number of halogens is 3. The van der Waals surface area contributed by atoms with Crippen molar-refractivity contribution >= 4 is 27.4 Å². The van der Waals surface area contributed by atoms with Gasteiger partial charge in [0.15, 0.2) is 0 Å². The van der Waals surface area contributed by atoms with Crippen LogP contribution in [-0.4, -0.2) is 30.4 Å². The molecule has 2 aromatic carbocycles. The number of thiophene rings is 1. The molecule has 0 aliphatic carbocycles. The van der Waals surface area contributed by atoms with Crippen molar-refractivity contribution in [1.82, 2.24) is 0 Å². The Kier molecular flexibility index (Phi) is 6.48. The molecule has 0 saturated carbocycles. The van der Waals surface area contributed by atoms with Crippen LogP contribution < -0.4 is 4.74 Å². The number of rotatable bonds is 7. The zero-order chi connectivity index (χ0) is 21.9. The Hall–Kier alpha value is -2.84. The Balaban J connectivity index is 1.79. The predicted molar refractivity (Wildman–Crippen MR) is 110 cm³/mol. The average molecular weight is 436 g/mol. The van der Waals surface area contributed by atoms with Gasteiger partial charge in [-0.25, -0.2) is 4.79 Å². The van der Waals surface area contributed by atoms with E-state index in [1.54, 1.807) is 37.3 Å². The van der Waals surface area contributed by atoms with Gasteiger partial charge in [0.05, 0.1) is 5.56 Å². The number of alkyl halides is 3. The van der Waals surface area contributed by atoms with E-state index in [1.165, 1.54) is 17.4 Å². The largest absolute Gasteiger partial charge is 0.491 e. The first-order valence-electron chi connectivity index (χ1n) is 8.99. The summed E-state index contributed by atoms with van der Waals surface area (Å²) in [5.41, 5.74) is 0.0131. The monoisotopic (exact) mass is 436 g/mol. The lowest BCUT2D eigenvalue weighted by molar-refractivity contribution is -0.141. The molecule has 0 spiro atoms. The Morgan fingerprint density at radius 3 is 2.67 bits per heavy atom. The van der Waals surface area contributed by atoms with Crippen molar-refractivity contribution in [2.75, 3.05) is 13.2 Å². The fraction of sp³-hybridized carbons (Fsp3) is 0.227. The summed E-state index contributed by atoms with van der Waals surface area (Å²) in [4.78, 5) is 11.5. The van der Waals surface area contributed by atoms with Gasteiger partial charge in [-0.05, 0) is 42.6 Å². The molecule has 1 heterocycles. The SMILES string of the molecule is C=CC(=O)OCC(O)COc1ccc2cc(-c3ccc(C)cc3C(F)(F)F)sc2c1. The molecule has 1 atom stereocenters. The van der Waals surface area contributed by atoms with Crippen LogP contribution in [0.4, 0.5) is 13.2 Å². The van der Waals surface area contributed by atoms with Crippen LogP contribution in [0.5, 0.6) is 5.75 Å². The number of hydrogen-bond donors (Lipinski definition) is 1. The van der Waals surface area contributed by atoms with E-state index in [2.05, 4.69) is 6.58 Å². The predicted octanol–water partition coefficient (Wildman–Crippen LogP) is 5.36. The minimum absolute atomic E-state index is 0.107. The lowest BCUT2D eigenvalue weighted by atomic mass is 10.0. The zero-order valence-corrected chi connectivity index (χ0v) is 16.8. The second kappa shape index (κ2) is 8.89. The highest BCUT2D eigenvalue weighted by atomic mass is 32.1. The summed E-state index contributed by atoms with van der Waals surface area (Å²) in [6.45, 7) is 4.55. The van der Waals surface area contributed by atoms with Crippen LogP contribution in [-0.2, 0) is 15.7 Å². The molecule has 0 amide bonds. The van der Waals surface area contributed by atoms with Gasteiger partial charge in [0.2, 0.25) is 0 Å². The molecule has 0 aliphatic rings. The summed E-state index contributed by atoms with van der Waals surface area (Å²) in [7, 11) is 0. The van der Waals surface area contributed by atoms with Gasteiger partial charge in [-0.3, -0.25) is 0 Å². The first-order chi connectivity index (χ1) is 14.2. The number of ether oxygens (including phenoxy) is 2. The second-order valence-corrected chi connectivity index (χ2v) is 7.74. The maximum absolute atomic E-state index is 13.5. The van der Waals surface area contributed by atoms with Crippen molar-refractivity contribution in [2.45, 2.75) is 19.2 Å². The molecule has 158 valence electrons. The number of aryl methyl sites for hydroxylation is 1. The number of aliphatic hydroxyl groups excluding tert-OH is 1. The average Bonchev–Trinajstić information content (AvgIpc) is 3.12. The highest BCUT2D eigenvalue weighted by Gasteiger charge is 2.34. The molecule has 3 rings (SSSR count). The topological polar surface area (TPSA) is 55.8 Å². The van der Waals surface area contributed by atoms with Gasteiger partial charge in [0, 0.05) is 21.2 Å². The molecule has 1 unspecified atom stereocenters. The van der Waals surface area contributed by atoms with E-state index in [0.717, 1.165) is 22.2 Å². The van der Waals surface area contributed by atoms with Crippen LogP contribution in [0.2, 0.25) is 0 Å². The van der Waals surface area contributed by atoms with Crippen LogP contribution >= 0.6 is 11.3 Å². The van der Waals surface area contributed by atoms with E-state index >= 15 is 0 Å². The lowest BCUT2D eigenvalue weighted by Gasteiger charge is -2.12. The second-order valence-electron chi connectivity index (χ2n) is 6.66. The van der Waals surface area contributed by atoms with Crippen molar-refractivity contribution < 1.29 is 32.5 Å². The molecular formula is C22H19F3O4S. The molecule has 4 nitrogen and oxygen atoms in total. The highest BCUT2D eigenvalue weighted by Crippen LogP contribution is 2.42. The molecular weight excluding hydrogens is 417 g/mol. The summed E-state index contributed by atoms with van der Waals surface area (Å²) >= 11 is 1.23. The third-order valence-corrected chi connectivity index (χ3v) is 5.40. The quantitative estimate of drug-likeness (QED) is 0.400. The van der Waals surface area contributed by atoms with Gasteiger partial charge in [0.1, 0.15) is 25.1 Å². The van der Waals surface area contributed by atoms with Gasteiger partial charge in [0.25, 0.3) is 0 Å². The molecule has 30 heavy (non-hydrogen) atoms. The van der Waals surface area contributed by atoms with E-state index in [9.17, 15) is 23.1 Å². The van der Waals surface area contributed by atoms with Gasteiger partial charge in [-0.15, -0.1) is 11.3 Å². The minimum atomic E-state index is -4.45. The molecule has 0 bridgehead atoms.